The van der Waals surface area contributed by atoms with Crippen LogP contribution in [0.5, 0.6) is 0 Å². The van der Waals surface area contributed by atoms with Gasteiger partial charge in [-0.25, -0.2) is 9.97 Å². The summed E-state index contributed by atoms with van der Waals surface area (Å²) in [6.07, 6.45) is -1.48. The lowest BCUT2D eigenvalue weighted by Crippen LogP contribution is -2.20. The van der Waals surface area contributed by atoms with Crippen LogP contribution < -0.4 is 4.90 Å². The zero-order chi connectivity index (χ0) is 16.4. The van der Waals surface area contributed by atoms with Crippen LogP contribution in [-0.2, 0) is 13.0 Å². The molecule has 8 heteroatoms. The van der Waals surface area contributed by atoms with E-state index in [1.807, 2.05) is 6.07 Å². The highest BCUT2D eigenvalue weighted by molar-refractivity contribution is 5.30. The summed E-state index contributed by atoms with van der Waals surface area (Å²) in [7, 11) is 1.77. The fraction of sp³-hybridized carbons (Fsp3) is 0.533. The molecule has 2 aromatic rings. The van der Waals surface area contributed by atoms with E-state index in [4.69, 9.17) is 4.52 Å². The molecule has 2 aromatic heterocycles. The molecule has 1 aliphatic carbocycles. The molecule has 2 heterocycles. The molecule has 1 fully saturated rings. The predicted octanol–water partition coefficient (Wildman–Crippen LogP) is 3.47. The molecule has 3 rings (SSSR count). The van der Waals surface area contributed by atoms with Crippen molar-refractivity contribution in [1.82, 2.24) is 15.1 Å². The van der Waals surface area contributed by atoms with E-state index in [1.165, 1.54) is 12.3 Å². The van der Waals surface area contributed by atoms with Crippen LogP contribution in [0, 0.1) is 0 Å². The van der Waals surface area contributed by atoms with Gasteiger partial charge in [0.1, 0.15) is 11.5 Å². The SMILES string of the molecule is CN(Cc1cc(C2CC2)on1)c1nccc(CCC(F)(F)F)n1. The molecule has 0 radical (unpaired) electrons. The van der Waals surface area contributed by atoms with Crippen LogP contribution in [0.15, 0.2) is 22.9 Å². The standard InChI is InChI=1S/C15H17F3N4O/c1-22(9-12-8-13(23-21-12)10-2-3-10)14-19-7-5-11(20-14)4-6-15(16,17)18/h5,7-8,10H,2-4,6,9H2,1H3. The molecule has 0 aliphatic heterocycles. The molecule has 1 aliphatic rings. The minimum atomic E-state index is -4.18. The molecule has 5 nitrogen and oxygen atoms in total. The molecular weight excluding hydrogens is 309 g/mol. The van der Waals surface area contributed by atoms with E-state index in [2.05, 4.69) is 15.1 Å². The van der Waals surface area contributed by atoms with Gasteiger partial charge in [0.25, 0.3) is 0 Å². The number of halogens is 3. The minimum absolute atomic E-state index is 0.150. The van der Waals surface area contributed by atoms with Crippen molar-refractivity contribution in [3.05, 3.63) is 35.5 Å². The van der Waals surface area contributed by atoms with Crippen LogP contribution in [0.1, 0.15) is 42.3 Å². The molecule has 0 N–H and O–H groups in total. The van der Waals surface area contributed by atoms with Gasteiger partial charge >= 0.3 is 6.18 Å². The van der Waals surface area contributed by atoms with Crippen LogP contribution in [0.4, 0.5) is 19.1 Å². The van der Waals surface area contributed by atoms with E-state index >= 15 is 0 Å². The third kappa shape index (κ3) is 4.43. The Labute approximate surface area is 131 Å². The Morgan fingerprint density at radius 2 is 2.09 bits per heavy atom. The Hall–Kier alpha value is -2.12. The zero-order valence-corrected chi connectivity index (χ0v) is 12.7. The quantitative estimate of drug-likeness (QED) is 0.813. The zero-order valence-electron chi connectivity index (χ0n) is 12.7. The maximum Gasteiger partial charge on any atom is 0.389 e. The van der Waals surface area contributed by atoms with Gasteiger partial charge in [0.05, 0.1) is 6.54 Å². The maximum atomic E-state index is 12.3. The van der Waals surface area contributed by atoms with Gasteiger partial charge in [0.2, 0.25) is 5.95 Å². The maximum absolute atomic E-state index is 12.3. The summed E-state index contributed by atoms with van der Waals surface area (Å²) in [5.74, 6) is 1.76. The second-order valence-electron chi connectivity index (χ2n) is 5.81. The summed E-state index contributed by atoms with van der Waals surface area (Å²) in [5.41, 5.74) is 1.14. The van der Waals surface area contributed by atoms with Gasteiger partial charge in [-0.2, -0.15) is 13.2 Å². The molecule has 0 amide bonds. The van der Waals surface area contributed by atoms with Gasteiger partial charge in [0.15, 0.2) is 0 Å². The van der Waals surface area contributed by atoms with E-state index in [0.717, 1.165) is 24.3 Å². The van der Waals surface area contributed by atoms with Crippen LogP contribution in [0.25, 0.3) is 0 Å². The lowest BCUT2D eigenvalue weighted by Gasteiger charge is -2.16. The first-order valence-electron chi connectivity index (χ1n) is 7.46. The molecule has 0 aromatic carbocycles. The average Bonchev–Trinajstić information content (AvgIpc) is 3.25. The summed E-state index contributed by atoms with van der Waals surface area (Å²) < 4.78 is 42.1. The summed E-state index contributed by atoms with van der Waals surface area (Å²) in [6.45, 7) is 0.443. The first-order chi connectivity index (χ1) is 10.9. The molecule has 0 bridgehead atoms. The van der Waals surface area contributed by atoms with E-state index in [0.29, 0.717) is 24.1 Å². The lowest BCUT2D eigenvalue weighted by atomic mass is 10.2. The Balaban J connectivity index is 1.62. The van der Waals surface area contributed by atoms with E-state index in [9.17, 15) is 13.2 Å². The monoisotopic (exact) mass is 326 g/mol. The van der Waals surface area contributed by atoms with Crippen molar-refractivity contribution in [3.8, 4) is 0 Å². The summed E-state index contributed by atoms with van der Waals surface area (Å²) >= 11 is 0. The second kappa shape index (κ2) is 6.17. The van der Waals surface area contributed by atoms with Crippen molar-refractivity contribution in [2.24, 2.45) is 0 Å². The highest BCUT2D eigenvalue weighted by Gasteiger charge is 2.28. The van der Waals surface area contributed by atoms with Crippen molar-refractivity contribution in [1.29, 1.82) is 0 Å². The normalized spacial score (nSPS) is 15.0. The van der Waals surface area contributed by atoms with Crippen molar-refractivity contribution in [2.45, 2.75) is 44.3 Å². The Bertz CT molecular complexity index is 667. The van der Waals surface area contributed by atoms with Gasteiger partial charge < -0.3 is 9.42 Å². The highest BCUT2D eigenvalue weighted by Crippen LogP contribution is 2.40. The number of nitrogens with zero attached hydrogens (tertiary/aromatic N) is 4. The van der Waals surface area contributed by atoms with Crippen LogP contribution in [0.3, 0.4) is 0 Å². The third-order valence-corrected chi connectivity index (χ3v) is 3.66. The second-order valence-corrected chi connectivity index (χ2v) is 5.81. The van der Waals surface area contributed by atoms with Crippen molar-refractivity contribution in [3.63, 3.8) is 0 Å². The number of hydrogen-bond acceptors (Lipinski definition) is 5. The van der Waals surface area contributed by atoms with Gasteiger partial charge in [-0.1, -0.05) is 5.16 Å². The topological polar surface area (TPSA) is 55.1 Å². The van der Waals surface area contributed by atoms with Crippen LogP contribution in [-0.4, -0.2) is 28.3 Å². The van der Waals surface area contributed by atoms with Crippen LogP contribution in [0.2, 0.25) is 0 Å². The summed E-state index contributed by atoms with van der Waals surface area (Å²) in [4.78, 5) is 10.0. The molecule has 0 saturated heterocycles. The third-order valence-electron chi connectivity index (χ3n) is 3.66. The molecular formula is C15H17F3N4O. The fourth-order valence-corrected chi connectivity index (χ4v) is 2.25. The molecule has 124 valence electrons. The number of alkyl halides is 3. The van der Waals surface area contributed by atoms with E-state index in [1.54, 1.807) is 11.9 Å². The molecule has 0 atom stereocenters. The molecule has 0 unspecified atom stereocenters. The van der Waals surface area contributed by atoms with E-state index < -0.39 is 12.6 Å². The number of hydrogen-bond donors (Lipinski definition) is 0. The van der Waals surface area contributed by atoms with Gasteiger partial charge in [-0.3, -0.25) is 0 Å². The van der Waals surface area contributed by atoms with Crippen molar-refractivity contribution < 1.29 is 17.7 Å². The first kappa shape index (κ1) is 15.8. The Morgan fingerprint density at radius 1 is 1.30 bits per heavy atom. The number of aryl methyl sites for hydroxylation is 1. The van der Waals surface area contributed by atoms with Gasteiger partial charge in [-0.05, 0) is 25.3 Å². The Morgan fingerprint density at radius 3 is 2.78 bits per heavy atom. The summed E-state index contributed by atoms with van der Waals surface area (Å²) in [5, 5.41) is 4.01. The molecule has 1 saturated carbocycles. The molecule has 0 spiro atoms. The Kier molecular flexibility index (Phi) is 4.23. The number of anilines is 1. The van der Waals surface area contributed by atoms with Gasteiger partial charge in [-0.15, -0.1) is 0 Å². The lowest BCUT2D eigenvalue weighted by molar-refractivity contribution is -0.134. The van der Waals surface area contributed by atoms with Crippen molar-refractivity contribution in [2.75, 3.05) is 11.9 Å². The smallest absolute Gasteiger partial charge is 0.361 e. The van der Waals surface area contributed by atoms with Crippen molar-refractivity contribution >= 4 is 5.95 Å². The first-order valence-corrected chi connectivity index (χ1v) is 7.46. The van der Waals surface area contributed by atoms with Crippen LogP contribution >= 0.6 is 0 Å². The largest absolute Gasteiger partial charge is 0.389 e. The average molecular weight is 326 g/mol. The summed E-state index contributed by atoms with van der Waals surface area (Å²) in [6, 6.07) is 3.42. The van der Waals surface area contributed by atoms with Gasteiger partial charge in [0, 0.05) is 37.3 Å². The number of rotatable bonds is 6. The predicted molar refractivity (Wildman–Crippen MR) is 77.0 cm³/mol. The van der Waals surface area contributed by atoms with E-state index in [-0.39, 0.29) is 6.42 Å². The minimum Gasteiger partial charge on any atom is -0.361 e. The molecule has 23 heavy (non-hydrogen) atoms. The fourth-order valence-electron chi connectivity index (χ4n) is 2.25. The highest BCUT2D eigenvalue weighted by atomic mass is 19.4. The number of aromatic nitrogens is 3.